The lowest BCUT2D eigenvalue weighted by Crippen LogP contribution is -2.33. The van der Waals surface area contributed by atoms with Crippen molar-refractivity contribution in [2.24, 2.45) is 5.92 Å². The maximum absolute atomic E-state index is 13.6. The van der Waals surface area contributed by atoms with Crippen molar-refractivity contribution < 1.29 is 22.7 Å². The molecule has 8 heteroatoms. The van der Waals surface area contributed by atoms with Gasteiger partial charge in [0.05, 0.1) is 5.92 Å². The molecular formula is C12H11ClFNO4S. The molecule has 5 nitrogen and oxygen atoms in total. The molecule has 1 aliphatic rings. The third kappa shape index (κ3) is 3.17. The van der Waals surface area contributed by atoms with Crippen molar-refractivity contribution in [3.8, 4) is 0 Å². The molecule has 0 heterocycles. The Kier molecular flexibility index (Phi) is 4.12. The van der Waals surface area contributed by atoms with E-state index in [0.717, 1.165) is 12.1 Å². The quantitative estimate of drug-likeness (QED) is 0.829. The van der Waals surface area contributed by atoms with Crippen LogP contribution < -0.4 is 4.72 Å². The van der Waals surface area contributed by atoms with Crippen LogP contribution in [0.2, 0.25) is 5.02 Å². The highest BCUT2D eigenvalue weighted by atomic mass is 35.5. The molecule has 0 saturated heterocycles. The van der Waals surface area contributed by atoms with E-state index in [1.54, 1.807) is 0 Å². The van der Waals surface area contributed by atoms with Crippen molar-refractivity contribution in [3.63, 3.8) is 0 Å². The third-order valence-corrected chi connectivity index (χ3v) is 4.65. The van der Waals surface area contributed by atoms with E-state index in [0.29, 0.717) is 0 Å². The van der Waals surface area contributed by atoms with Gasteiger partial charge in [-0.15, -0.1) is 0 Å². The van der Waals surface area contributed by atoms with Gasteiger partial charge in [-0.3, -0.25) is 4.79 Å². The van der Waals surface area contributed by atoms with Crippen LogP contribution in [0.3, 0.4) is 0 Å². The smallest absolute Gasteiger partial charge is 0.310 e. The number of hydrogen-bond donors (Lipinski definition) is 2. The maximum atomic E-state index is 13.6. The molecule has 1 aliphatic carbocycles. The standard InChI is InChI=1S/C12H11ClFNO4S/c13-8-2-4-11(10(14)6-8)20(18,19)15-9-3-1-7(5-9)12(16)17/h1-4,6-7,9,15H,5H2,(H,16,17). The van der Waals surface area contributed by atoms with Crippen LogP contribution >= 0.6 is 11.6 Å². The third-order valence-electron chi connectivity index (χ3n) is 2.89. The number of carboxylic acid groups (broad SMARTS) is 1. The number of carbonyl (C=O) groups is 1. The SMILES string of the molecule is O=C(O)C1C=CC(NS(=O)(=O)c2ccc(Cl)cc2F)C1. The molecule has 2 rings (SSSR count). The molecule has 0 fully saturated rings. The number of aliphatic carboxylic acids is 1. The zero-order valence-corrected chi connectivity index (χ0v) is 11.7. The molecular weight excluding hydrogens is 309 g/mol. The number of sulfonamides is 1. The van der Waals surface area contributed by atoms with Crippen LogP contribution in [0.5, 0.6) is 0 Å². The van der Waals surface area contributed by atoms with Crippen molar-refractivity contribution in [2.45, 2.75) is 17.4 Å². The predicted octanol–water partition coefficient (Wildman–Crippen LogP) is 1.79. The minimum atomic E-state index is -4.07. The highest BCUT2D eigenvalue weighted by molar-refractivity contribution is 7.89. The molecule has 0 radical (unpaired) electrons. The summed E-state index contributed by atoms with van der Waals surface area (Å²) in [6.07, 6.45) is 2.96. The van der Waals surface area contributed by atoms with Crippen molar-refractivity contribution in [2.75, 3.05) is 0 Å². The molecule has 2 atom stereocenters. The summed E-state index contributed by atoms with van der Waals surface area (Å²) in [5.41, 5.74) is 0. The molecule has 2 N–H and O–H groups in total. The largest absolute Gasteiger partial charge is 0.481 e. The Morgan fingerprint density at radius 2 is 2.10 bits per heavy atom. The molecule has 0 aromatic heterocycles. The number of rotatable bonds is 4. The van der Waals surface area contributed by atoms with Gasteiger partial charge >= 0.3 is 5.97 Å². The van der Waals surface area contributed by atoms with E-state index in [9.17, 15) is 17.6 Å². The summed E-state index contributed by atoms with van der Waals surface area (Å²) in [6.45, 7) is 0. The van der Waals surface area contributed by atoms with Crippen molar-refractivity contribution >= 4 is 27.6 Å². The number of nitrogens with one attached hydrogen (secondary N) is 1. The van der Waals surface area contributed by atoms with Gasteiger partial charge in [0.15, 0.2) is 0 Å². The average Bonchev–Trinajstić information content (AvgIpc) is 2.76. The van der Waals surface area contributed by atoms with Gasteiger partial charge in [-0.25, -0.2) is 17.5 Å². The fourth-order valence-corrected chi connectivity index (χ4v) is 3.35. The van der Waals surface area contributed by atoms with Crippen LogP contribution in [0.25, 0.3) is 0 Å². The van der Waals surface area contributed by atoms with Gasteiger partial charge in [-0.1, -0.05) is 23.8 Å². The second-order valence-electron chi connectivity index (χ2n) is 4.37. The van der Waals surface area contributed by atoms with Crippen molar-refractivity contribution in [3.05, 3.63) is 41.2 Å². The van der Waals surface area contributed by atoms with Crippen LogP contribution in [0.4, 0.5) is 4.39 Å². The van der Waals surface area contributed by atoms with Crippen LogP contribution in [-0.4, -0.2) is 25.5 Å². The van der Waals surface area contributed by atoms with E-state index < -0.39 is 38.7 Å². The van der Waals surface area contributed by atoms with E-state index in [1.807, 2.05) is 0 Å². The summed E-state index contributed by atoms with van der Waals surface area (Å²) in [4.78, 5) is 10.3. The van der Waals surface area contributed by atoms with Gasteiger partial charge in [0, 0.05) is 11.1 Å². The van der Waals surface area contributed by atoms with E-state index in [1.165, 1.54) is 18.2 Å². The molecule has 0 bridgehead atoms. The summed E-state index contributed by atoms with van der Waals surface area (Å²) in [5.74, 6) is -2.72. The van der Waals surface area contributed by atoms with Gasteiger partial charge in [-0.05, 0) is 24.6 Å². The topological polar surface area (TPSA) is 83.5 Å². The highest BCUT2D eigenvalue weighted by Crippen LogP contribution is 2.22. The molecule has 1 aromatic rings. The summed E-state index contributed by atoms with van der Waals surface area (Å²) in [5, 5.41) is 8.91. The summed E-state index contributed by atoms with van der Waals surface area (Å²) < 4.78 is 39.9. The summed E-state index contributed by atoms with van der Waals surface area (Å²) >= 11 is 5.56. The Morgan fingerprint density at radius 3 is 2.65 bits per heavy atom. The second kappa shape index (κ2) is 5.51. The molecule has 20 heavy (non-hydrogen) atoms. The highest BCUT2D eigenvalue weighted by Gasteiger charge is 2.29. The van der Waals surface area contributed by atoms with Crippen LogP contribution in [0.1, 0.15) is 6.42 Å². The molecule has 1 aromatic carbocycles. The lowest BCUT2D eigenvalue weighted by molar-refractivity contribution is -0.140. The minimum absolute atomic E-state index is 0.0909. The Hall–Kier alpha value is -1.44. The lowest BCUT2D eigenvalue weighted by Gasteiger charge is -2.13. The van der Waals surface area contributed by atoms with E-state index in [4.69, 9.17) is 16.7 Å². The average molecular weight is 320 g/mol. The minimum Gasteiger partial charge on any atom is -0.481 e. The van der Waals surface area contributed by atoms with Gasteiger partial charge < -0.3 is 5.11 Å². The molecule has 0 aliphatic heterocycles. The Bertz CT molecular complexity index is 674. The van der Waals surface area contributed by atoms with Crippen molar-refractivity contribution in [1.29, 1.82) is 0 Å². The first kappa shape index (κ1) is 15.0. The molecule has 108 valence electrons. The first-order chi connectivity index (χ1) is 9.29. The van der Waals surface area contributed by atoms with Crippen LogP contribution in [0.15, 0.2) is 35.2 Å². The van der Waals surface area contributed by atoms with E-state index in [2.05, 4.69) is 4.72 Å². The second-order valence-corrected chi connectivity index (χ2v) is 6.49. The molecule has 0 spiro atoms. The monoisotopic (exact) mass is 319 g/mol. The maximum Gasteiger partial charge on any atom is 0.310 e. The normalized spacial score (nSPS) is 22.1. The van der Waals surface area contributed by atoms with E-state index >= 15 is 0 Å². The fraction of sp³-hybridized carbons (Fsp3) is 0.250. The number of hydrogen-bond acceptors (Lipinski definition) is 3. The zero-order valence-electron chi connectivity index (χ0n) is 10.1. The Morgan fingerprint density at radius 1 is 1.40 bits per heavy atom. The van der Waals surface area contributed by atoms with Gasteiger partial charge in [0.25, 0.3) is 0 Å². The van der Waals surface area contributed by atoms with Crippen molar-refractivity contribution in [1.82, 2.24) is 4.72 Å². The number of benzene rings is 1. The zero-order chi connectivity index (χ0) is 14.9. The van der Waals surface area contributed by atoms with Gasteiger partial charge in [-0.2, -0.15) is 0 Å². The van der Waals surface area contributed by atoms with Crippen LogP contribution in [-0.2, 0) is 14.8 Å². The first-order valence-electron chi connectivity index (χ1n) is 5.68. The van der Waals surface area contributed by atoms with E-state index in [-0.39, 0.29) is 11.4 Å². The lowest BCUT2D eigenvalue weighted by atomic mass is 10.1. The number of carboxylic acids is 1. The van der Waals surface area contributed by atoms with Gasteiger partial charge in [0.1, 0.15) is 10.7 Å². The molecule has 0 saturated carbocycles. The number of halogens is 2. The van der Waals surface area contributed by atoms with Crippen LogP contribution in [0, 0.1) is 11.7 Å². The predicted molar refractivity (Wildman–Crippen MR) is 70.4 cm³/mol. The Balaban J connectivity index is 2.17. The summed E-state index contributed by atoms with van der Waals surface area (Å²) in [7, 11) is -4.07. The Labute approximate surface area is 120 Å². The van der Waals surface area contributed by atoms with Gasteiger partial charge in [0.2, 0.25) is 10.0 Å². The fourth-order valence-electron chi connectivity index (χ4n) is 1.93. The molecule has 0 amide bonds. The first-order valence-corrected chi connectivity index (χ1v) is 7.54. The molecule has 2 unspecified atom stereocenters. The summed E-state index contributed by atoms with van der Waals surface area (Å²) in [6, 6.07) is 2.56.